The average Bonchev–Trinajstić information content (AvgIpc) is 3.23. The molecule has 0 saturated carbocycles. The summed E-state index contributed by atoms with van der Waals surface area (Å²) in [7, 11) is 0. The summed E-state index contributed by atoms with van der Waals surface area (Å²) in [5.74, 6) is -0.452. The number of unbranched alkanes of at least 4 members (excludes halogenated alkanes) is 37. The van der Waals surface area contributed by atoms with Crippen LogP contribution in [0.1, 0.15) is 303 Å². The van der Waals surface area contributed by atoms with Crippen LogP contribution in [-0.4, -0.2) is 46.9 Å². The Morgan fingerprint density at radius 1 is 0.424 bits per heavy atom. The lowest BCUT2D eigenvalue weighted by Crippen LogP contribution is -2.46. The molecular formula is C53H105NO5. The summed E-state index contributed by atoms with van der Waals surface area (Å²) in [6, 6.07) is -0.692. The van der Waals surface area contributed by atoms with Crippen LogP contribution in [0.4, 0.5) is 0 Å². The normalized spacial score (nSPS) is 13.1. The van der Waals surface area contributed by atoms with Crippen molar-refractivity contribution in [1.82, 2.24) is 5.32 Å². The van der Waals surface area contributed by atoms with E-state index in [1.54, 1.807) is 0 Å². The van der Waals surface area contributed by atoms with Crippen LogP contribution in [0.3, 0.4) is 0 Å². The molecule has 0 radical (unpaired) electrons. The second kappa shape index (κ2) is 47.9. The van der Waals surface area contributed by atoms with Gasteiger partial charge in [0.15, 0.2) is 0 Å². The van der Waals surface area contributed by atoms with Gasteiger partial charge in [0, 0.05) is 6.42 Å². The first-order chi connectivity index (χ1) is 29.0. The molecule has 0 aromatic carbocycles. The van der Waals surface area contributed by atoms with Crippen molar-refractivity contribution in [2.24, 2.45) is 0 Å². The molecule has 0 aromatic rings. The second-order valence-corrected chi connectivity index (χ2v) is 18.6. The number of esters is 1. The molecule has 3 atom stereocenters. The highest BCUT2D eigenvalue weighted by Gasteiger charge is 2.24. The average molecular weight is 836 g/mol. The molecule has 6 heteroatoms. The molecule has 0 fully saturated rings. The van der Waals surface area contributed by atoms with E-state index >= 15 is 0 Å². The second-order valence-electron chi connectivity index (χ2n) is 18.6. The van der Waals surface area contributed by atoms with Gasteiger partial charge in [-0.2, -0.15) is 0 Å². The van der Waals surface area contributed by atoms with Crippen LogP contribution >= 0.6 is 0 Å². The van der Waals surface area contributed by atoms with Crippen LogP contribution in [0, 0.1) is 0 Å². The smallest absolute Gasteiger partial charge is 0.306 e. The van der Waals surface area contributed by atoms with Gasteiger partial charge in [-0.05, 0) is 25.7 Å². The zero-order valence-corrected chi connectivity index (χ0v) is 40.2. The fraction of sp³-hybridized carbons (Fsp3) is 0.962. The molecule has 0 saturated heterocycles. The number of rotatable bonds is 49. The molecule has 352 valence electrons. The highest BCUT2D eigenvalue weighted by molar-refractivity contribution is 5.77. The van der Waals surface area contributed by atoms with E-state index in [9.17, 15) is 19.8 Å². The molecule has 59 heavy (non-hydrogen) atoms. The third kappa shape index (κ3) is 43.3. The van der Waals surface area contributed by atoms with E-state index in [2.05, 4.69) is 26.1 Å². The molecule has 0 aliphatic carbocycles. The Balaban J connectivity index is 4.41. The maximum absolute atomic E-state index is 13.2. The van der Waals surface area contributed by atoms with E-state index < -0.39 is 18.2 Å². The van der Waals surface area contributed by atoms with Crippen molar-refractivity contribution in [3.63, 3.8) is 0 Å². The van der Waals surface area contributed by atoms with Crippen molar-refractivity contribution in [3.05, 3.63) is 0 Å². The lowest BCUT2D eigenvalue weighted by atomic mass is 10.0. The van der Waals surface area contributed by atoms with Gasteiger partial charge in [0.05, 0.1) is 25.2 Å². The van der Waals surface area contributed by atoms with Gasteiger partial charge in [-0.25, -0.2) is 0 Å². The summed E-state index contributed by atoms with van der Waals surface area (Å²) in [5, 5.41) is 23.8. The number of carbonyl (C=O) groups is 2. The van der Waals surface area contributed by atoms with Gasteiger partial charge in [-0.1, -0.05) is 265 Å². The highest BCUT2D eigenvalue weighted by atomic mass is 16.5. The minimum atomic E-state index is -0.779. The van der Waals surface area contributed by atoms with Crippen LogP contribution in [0.25, 0.3) is 0 Å². The zero-order valence-electron chi connectivity index (χ0n) is 40.2. The van der Waals surface area contributed by atoms with Crippen LogP contribution in [0.5, 0.6) is 0 Å². The Morgan fingerprint density at radius 3 is 1.03 bits per heavy atom. The largest absolute Gasteiger partial charge is 0.462 e. The summed E-state index contributed by atoms with van der Waals surface area (Å²) in [6.45, 7) is 6.51. The van der Waals surface area contributed by atoms with Gasteiger partial charge >= 0.3 is 5.97 Å². The van der Waals surface area contributed by atoms with Crippen molar-refractivity contribution in [2.45, 2.75) is 322 Å². The third-order valence-corrected chi connectivity index (χ3v) is 12.7. The van der Waals surface area contributed by atoms with Crippen molar-refractivity contribution in [3.8, 4) is 0 Å². The van der Waals surface area contributed by atoms with E-state index in [1.807, 2.05) is 0 Å². The zero-order chi connectivity index (χ0) is 43.1. The Bertz CT molecular complexity index is 852. The van der Waals surface area contributed by atoms with E-state index in [1.165, 1.54) is 212 Å². The monoisotopic (exact) mass is 836 g/mol. The summed E-state index contributed by atoms with van der Waals surface area (Å²) in [6.07, 6.45) is 51.6. The summed E-state index contributed by atoms with van der Waals surface area (Å²) in [4.78, 5) is 26.1. The maximum atomic E-state index is 13.2. The lowest BCUT2D eigenvalue weighted by Gasteiger charge is -2.24. The first-order valence-electron chi connectivity index (χ1n) is 26.8. The third-order valence-electron chi connectivity index (χ3n) is 12.7. The molecule has 3 unspecified atom stereocenters. The number of aliphatic hydroxyl groups is 2. The SMILES string of the molecule is CCCCCCCCCCCCCCCCCCCC(O)C(CO)NC(=O)CC(CCCCCCCCCCCCC)OC(=O)CCCCCCCCCCCCCC. The van der Waals surface area contributed by atoms with Crippen molar-refractivity contribution >= 4 is 11.9 Å². The molecule has 0 rings (SSSR count). The standard InChI is InChI=1S/C53H105NO5/c1-4-7-10-13-16-19-22-24-25-26-27-28-30-33-36-39-42-45-51(56)50(48-55)54-52(57)47-49(44-41-38-35-32-29-21-18-15-12-9-6-3)59-53(58)46-43-40-37-34-31-23-20-17-14-11-8-5-2/h49-51,55-56H,4-48H2,1-3H3,(H,54,57). The number of hydrogen-bond donors (Lipinski definition) is 3. The minimum absolute atomic E-state index is 0.0876. The predicted molar refractivity (Wildman–Crippen MR) is 255 cm³/mol. The number of hydrogen-bond acceptors (Lipinski definition) is 5. The first kappa shape index (κ1) is 57.9. The van der Waals surface area contributed by atoms with Crippen LogP contribution in [-0.2, 0) is 14.3 Å². The number of amides is 1. The summed E-state index contributed by atoms with van der Waals surface area (Å²) >= 11 is 0. The molecule has 3 N–H and O–H groups in total. The Labute approximate surface area is 368 Å². The Kier molecular flexibility index (Phi) is 47.0. The van der Waals surface area contributed by atoms with Crippen LogP contribution < -0.4 is 5.32 Å². The topological polar surface area (TPSA) is 95.9 Å². The molecule has 0 aromatic heterocycles. The molecule has 0 aliphatic rings. The fourth-order valence-corrected chi connectivity index (χ4v) is 8.61. The number of carbonyl (C=O) groups excluding carboxylic acids is 2. The first-order valence-corrected chi connectivity index (χ1v) is 26.8. The predicted octanol–water partition coefficient (Wildman–Crippen LogP) is 16.0. The molecule has 0 heterocycles. The van der Waals surface area contributed by atoms with Crippen molar-refractivity contribution in [1.29, 1.82) is 0 Å². The number of ether oxygens (including phenoxy) is 1. The fourth-order valence-electron chi connectivity index (χ4n) is 8.61. The van der Waals surface area contributed by atoms with E-state index in [0.29, 0.717) is 19.3 Å². The minimum Gasteiger partial charge on any atom is -0.462 e. The Morgan fingerprint density at radius 2 is 0.712 bits per heavy atom. The molecule has 0 aliphatic heterocycles. The van der Waals surface area contributed by atoms with Gasteiger partial charge in [-0.3, -0.25) is 9.59 Å². The molecule has 0 spiro atoms. The van der Waals surface area contributed by atoms with E-state index in [4.69, 9.17) is 4.74 Å². The van der Waals surface area contributed by atoms with Gasteiger partial charge in [0.25, 0.3) is 0 Å². The van der Waals surface area contributed by atoms with Gasteiger partial charge < -0.3 is 20.3 Å². The van der Waals surface area contributed by atoms with Crippen molar-refractivity contribution < 1.29 is 24.5 Å². The van der Waals surface area contributed by atoms with E-state index in [0.717, 1.165) is 44.9 Å². The summed E-state index contributed by atoms with van der Waals surface area (Å²) in [5.41, 5.74) is 0. The van der Waals surface area contributed by atoms with Crippen LogP contribution in [0.2, 0.25) is 0 Å². The lowest BCUT2D eigenvalue weighted by molar-refractivity contribution is -0.151. The molecule has 0 bridgehead atoms. The van der Waals surface area contributed by atoms with Gasteiger partial charge in [0.1, 0.15) is 6.10 Å². The quantitative estimate of drug-likeness (QED) is 0.0419. The molecule has 1 amide bonds. The van der Waals surface area contributed by atoms with Crippen LogP contribution in [0.15, 0.2) is 0 Å². The molecule has 6 nitrogen and oxygen atoms in total. The highest BCUT2D eigenvalue weighted by Crippen LogP contribution is 2.19. The molecular weight excluding hydrogens is 731 g/mol. The van der Waals surface area contributed by atoms with Crippen molar-refractivity contribution in [2.75, 3.05) is 6.61 Å². The number of nitrogens with one attached hydrogen (secondary N) is 1. The van der Waals surface area contributed by atoms with Gasteiger partial charge in [0.2, 0.25) is 5.91 Å². The Hall–Kier alpha value is -1.14. The number of aliphatic hydroxyl groups excluding tert-OH is 2. The maximum Gasteiger partial charge on any atom is 0.306 e. The summed E-state index contributed by atoms with van der Waals surface area (Å²) < 4.78 is 5.93. The van der Waals surface area contributed by atoms with Gasteiger partial charge in [-0.15, -0.1) is 0 Å². The van der Waals surface area contributed by atoms with E-state index in [-0.39, 0.29) is 24.9 Å².